The number of para-hydroxylation sites is 1. The lowest BCUT2D eigenvalue weighted by Crippen LogP contribution is -2.01. The molecule has 0 bridgehead atoms. The first kappa shape index (κ1) is 12.6. The highest BCUT2D eigenvalue weighted by molar-refractivity contribution is 5.34. The van der Waals surface area contributed by atoms with E-state index in [0.29, 0.717) is 6.61 Å². The van der Waals surface area contributed by atoms with Crippen molar-refractivity contribution in [1.29, 1.82) is 0 Å². The second kappa shape index (κ2) is 6.89. The van der Waals surface area contributed by atoms with E-state index in [4.69, 9.17) is 4.74 Å². The number of hydrogen-bond acceptors (Lipinski definition) is 1. The first-order chi connectivity index (χ1) is 7.81. The standard InChI is InChI=1S/C15H20O/c1-4-9-14-10-7-8-11-15(14)16-12-13(5-2)6-3/h5-8,10-11H,2,4,9,12H2,1,3H3/b13-6+. The zero-order valence-corrected chi connectivity index (χ0v) is 10.2. The van der Waals surface area contributed by atoms with Crippen molar-refractivity contribution >= 4 is 0 Å². The number of allylic oxidation sites excluding steroid dienone is 1. The number of benzene rings is 1. The molecule has 0 saturated heterocycles. The molecule has 0 atom stereocenters. The van der Waals surface area contributed by atoms with Crippen LogP contribution in [-0.2, 0) is 6.42 Å². The van der Waals surface area contributed by atoms with Crippen molar-refractivity contribution in [2.24, 2.45) is 0 Å². The Kier molecular flexibility index (Phi) is 5.41. The van der Waals surface area contributed by atoms with Gasteiger partial charge >= 0.3 is 0 Å². The van der Waals surface area contributed by atoms with Gasteiger partial charge in [0.2, 0.25) is 0 Å². The zero-order chi connectivity index (χ0) is 11.8. The van der Waals surface area contributed by atoms with Crippen LogP contribution in [0.25, 0.3) is 0 Å². The van der Waals surface area contributed by atoms with Crippen molar-refractivity contribution in [2.45, 2.75) is 26.7 Å². The van der Waals surface area contributed by atoms with Gasteiger partial charge < -0.3 is 4.74 Å². The third-order valence-corrected chi connectivity index (χ3v) is 2.52. The third-order valence-electron chi connectivity index (χ3n) is 2.52. The van der Waals surface area contributed by atoms with Crippen molar-refractivity contribution in [3.05, 3.63) is 54.1 Å². The third kappa shape index (κ3) is 3.58. The largest absolute Gasteiger partial charge is 0.489 e. The van der Waals surface area contributed by atoms with Crippen molar-refractivity contribution in [2.75, 3.05) is 6.61 Å². The summed E-state index contributed by atoms with van der Waals surface area (Å²) in [4.78, 5) is 0. The summed E-state index contributed by atoms with van der Waals surface area (Å²) in [5, 5.41) is 0. The lowest BCUT2D eigenvalue weighted by atomic mass is 10.1. The van der Waals surface area contributed by atoms with Crippen LogP contribution in [-0.4, -0.2) is 6.61 Å². The molecule has 0 amide bonds. The Balaban J connectivity index is 2.69. The zero-order valence-electron chi connectivity index (χ0n) is 10.2. The van der Waals surface area contributed by atoms with Gasteiger partial charge in [-0.1, -0.05) is 50.3 Å². The van der Waals surface area contributed by atoms with Gasteiger partial charge in [0.1, 0.15) is 12.4 Å². The lowest BCUT2D eigenvalue weighted by molar-refractivity contribution is 0.351. The van der Waals surface area contributed by atoms with Crippen LogP contribution in [0.5, 0.6) is 5.75 Å². The maximum atomic E-state index is 5.79. The highest BCUT2D eigenvalue weighted by Crippen LogP contribution is 2.20. The maximum absolute atomic E-state index is 5.79. The van der Waals surface area contributed by atoms with E-state index >= 15 is 0 Å². The first-order valence-electron chi connectivity index (χ1n) is 5.80. The molecule has 0 aromatic heterocycles. The number of rotatable bonds is 6. The molecule has 0 N–H and O–H groups in total. The second-order valence-corrected chi connectivity index (χ2v) is 3.71. The number of hydrogen-bond donors (Lipinski definition) is 0. The Morgan fingerprint density at radius 3 is 2.75 bits per heavy atom. The molecule has 0 radical (unpaired) electrons. The Hall–Kier alpha value is -1.50. The van der Waals surface area contributed by atoms with Gasteiger partial charge in [-0.25, -0.2) is 0 Å². The van der Waals surface area contributed by atoms with Gasteiger partial charge in [-0.2, -0.15) is 0 Å². The molecular formula is C15H20O. The van der Waals surface area contributed by atoms with Gasteiger partial charge in [0.05, 0.1) is 0 Å². The maximum Gasteiger partial charge on any atom is 0.122 e. The molecule has 0 aliphatic carbocycles. The van der Waals surface area contributed by atoms with Gasteiger partial charge in [0.25, 0.3) is 0 Å². The summed E-state index contributed by atoms with van der Waals surface area (Å²) in [5.41, 5.74) is 2.40. The smallest absolute Gasteiger partial charge is 0.122 e. The van der Waals surface area contributed by atoms with Crippen LogP contribution in [0.4, 0.5) is 0 Å². The Morgan fingerprint density at radius 1 is 1.38 bits per heavy atom. The van der Waals surface area contributed by atoms with Gasteiger partial charge in [0, 0.05) is 0 Å². The fourth-order valence-electron chi connectivity index (χ4n) is 1.54. The van der Waals surface area contributed by atoms with E-state index in [-0.39, 0.29) is 0 Å². The molecule has 0 fully saturated rings. The fraction of sp³-hybridized carbons (Fsp3) is 0.333. The summed E-state index contributed by atoms with van der Waals surface area (Å²) in [6.07, 6.45) is 6.06. The quantitative estimate of drug-likeness (QED) is 0.649. The highest BCUT2D eigenvalue weighted by atomic mass is 16.5. The molecule has 0 unspecified atom stereocenters. The summed E-state index contributed by atoms with van der Waals surface area (Å²) in [6, 6.07) is 8.23. The molecule has 1 aromatic carbocycles. The predicted octanol–water partition coefficient (Wildman–Crippen LogP) is 4.15. The second-order valence-electron chi connectivity index (χ2n) is 3.71. The van der Waals surface area contributed by atoms with Crippen LogP contribution in [0.2, 0.25) is 0 Å². The van der Waals surface area contributed by atoms with E-state index in [1.54, 1.807) is 0 Å². The van der Waals surface area contributed by atoms with Crippen LogP contribution >= 0.6 is 0 Å². The first-order valence-corrected chi connectivity index (χ1v) is 5.80. The predicted molar refractivity (Wildman–Crippen MR) is 69.9 cm³/mol. The number of ether oxygens (including phenoxy) is 1. The normalized spacial score (nSPS) is 11.2. The molecule has 0 aliphatic heterocycles. The van der Waals surface area contributed by atoms with Gasteiger partial charge in [-0.15, -0.1) is 0 Å². The van der Waals surface area contributed by atoms with Crippen molar-refractivity contribution in [1.82, 2.24) is 0 Å². The summed E-state index contributed by atoms with van der Waals surface area (Å²) in [5.74, 6) is 0.991. The summed E-state index contributed by atoms with van der Waals surface area (Å²) in [6.45, 7) is 8.53. The van der Waals surface area contributed by atoms with Gasteiger partial charge in [-0.05, 0) is 30.5 Å². The average molecular weight is 216 g/mol. The Bertz CT molecular complexity index is 363. The monoisotopic (exact) mass is 216 g/mol. The highest BCUT2D eigenvalue weighted by Gasteiger charge is 2.01. The Labute approximate surface area is 98.5 Å². The molecule has 0 saturated carbocycles. The van der Waals surface area contributed by atoms with Crippen LogP contribution in [0.1, 0.15) is 25.8 Å². The molecule has 0 spiro atoms. The van der Waals surface area contributed by atoms with E-state index in [2.05, 4.69) is 25.6 Å². The minimum atomic E-state index is 0.598. The van der Waals surface area contributed by atoms with Crippen molar-refractivity contribution in [3.63, 3.8) is 0 Å². The summed E-state index contributed by atoms with van der Waals surface area (Å²) < 4.78 is 5.79. The molecular weight excluding hydrogens is 196 g/mol. The average Bonchev–Trinajstić information content (AvgIpc) is 2.33. The van der Waals surface area contributed by atoms with E-state index in [1.807, 2.05) is 31.2 Å². The minimum absolute atomic E-state index is 0.598. The van der Waals surface area contributed by atoms with Crippen LogP contribution in [0, 0.1) is 0 Å². The van der Waals surface area contributed by atoms with E-state index in [0.717, 1.165) is 24.2 Å². The fourth-order valence-corrected chi connectivity index (χ4v) is 1.54. The molecule has 0 aliphatic rings. The SMILES string of the molecule is C=C/C(=C\C)COc1ccccc1CCC. The van der Waals surface area contributed by atoms with Crippen molar-refractivity contribution < 1.29 is 4.74 Å². The molecule has 1 heteroatoms. The van der Waals surface area contributed by atoms with Crippen molar-refractivity contribution in [3.8, 4) is 5.75 Å². The lowest BCUT2D eigenvalue weighted by Gasteiger charge is -2.11. The summed E-state index contributed by atoms with van der Waals surface area (Å²) in [7, 11) is 0. The van der Waals surface area contributed by atoms with Crippen LogP contribution in [0.3, 0.4) is 0 Å². The molecule has 86 valence electrons. The Morgan fingerprint density at radius 2 is 2.12 bits per heavy atom. The van der Waals surface area contributed by atoms with Crippen LogP contribution < -0.4 is 4.74 Å². The van der Waals surface area contributed by atoms with E-state index in [9.17, 15) is 0 Å². The van der Waals surface area contributed by atoms with Gasteiger partial charge in [-0.3, -0.25) is 0 Å². The topological polar surface area (TPSA) is 9.23 Å². The molecule has 16 heavy (non-hydrogen) atoms. The van der Waals surface area contributed by atoms with Crippen LogP contribution in [0.15, 0.2) is 48.6 Å². The number of aryl methyl sites for hydroxylation is 1. The summed E-state index contributed by atoms with van der Waals surface area (Å²) >= 11 is 0. The van der Waals surface area contributed by atoms with Gasteiger partial charge in [0.15, 0.2) is 0 Å². The molecule has 1 rings (SSSR count). The molecule has 1 nitrogen and oxygen atoms in total. The van der Waals surface area contributed by atoms with E-state index in [1.165, 1.54) is 5.56 Å². The van der Waals surface area contributed by atoms with E-state index < -0.39 is 0 Å². The molecule has 0 heterocycles. The minimum Gasteiger partial charge on any atom is -0.489 e. The molecule has 1 aromatic rings.